The summed E-state index contributed by atoms with van der Waals surface area (Å²) in [5.74, 6) is 0. The smallest absolute Gasteiger partial charge is 0.0569 e. The zero-order valence-electron chi connectivity index (χ0n) is 19.9. The zero-order chi connectivity index (χ0) is 23.6. The number of benzene rings is 4. The van der Waals surface area contributed by atoms with Crippen molar-refractivity contribution in [2.75, 3.05) is 11.1 Å². The van der Waals surface area contributed by atoms with Crippen molar-refractivity contribution in [3.63, 3.8) is 0 Å². The molecule has 3 nitrogen and oxygen atoms in total. The molecule has 0 aliphatic rings. The van der Waals surface area contributed by atoms with Crippen LogP contribution in [0.3, 0.4) is 0 Å². The summed E-state index contributed by atoms with van der Waals surface area (Å²) in [5.41, 5.74) is 20.4. The van der Waals surface area contributed by atoms with E-state index in [0.29, 0.717) is 0 Å². The van der Waals surface area contributed by atoms with Gasteiger partial charge in [-0.2, -0.15) is 0 Å². The number of rotatable bonds is 6. The van der Waals surface area contributed by atoms with Crippen LogP contribution < -0.4 is 16.8 Å². The van der Waals surface area contributed by atoms with Crippen LogP contribution in [-0.4, -0.2) is 0 Å². The number of nitrogens with one attached hydrogen (secondary N) is 1. The van der Waals surface area contributed by atoms with E-state index in [1.807, 2.05) is 26.0 Å². The molecule has 0 aliphatic heterocycles. The minimum absolute atomic E-state index is 0.213. The molecule has 0 saturated carbocycles. The third-order valence-electron chi connectivity index (χ3n) is 6.15. The monoisotopic (exact) mass is 435 g/mol. The van der Waals surface area contributed by atoms with Gasteiger partial charge in [0.15, 0.2) is 0 Å². The van der Waals surface area contributed by atoms with Crippen molar-refractivity contribution >= 4 is 11.4 Å². The van der Waals surface area contributed by atoms with Gasteiger partial charge in [-0.25, -0.2) is 0 Å². The second-order valence-electron chi connectivity index (χ2n) is 9.83. The second kappa shape index (κ2) is 8.76. The van der Waals surface area contributed by atoms with E-state index in [4.69, 9.17) is 11.5 Å². The zero-order valence-corrected chi connectivity index (χ0v) is 19.9. The Labute approximate surface area is 197 Å². The average Bonchev–Trinajstić information content (AvgIpc) is 2.79. The lowest BCUT2D eigenvalue weighted by molar-refractivity contribution is 0.554. The van der Waals surface area contributed by atoms with E-state index >= 15 is 0 Å². The van der Waals surface area contributed by atoms with Crippen LogP contribution >= 0.6 is 0 Å². The van der Waals surface area contributed by atoms with E-state index < -0.39 is 0 Å². The van der Waals surface area contributed by atoms with Gasteiger partial charge in [-0.15, -0.1) is 0 Å². The van der Waals surface area contributed by atoms with E-state index in [0.717, 1.165) is 16.9 Å². The van der Waals surface area contributed by atoms with E-state index in [9.17, 15) is 0 Å². The Morgan fingerprint density at radius 3 is 1.30 bits per heavy atom. The first-order valence-electron chi connectivity index (χ1n) is 11.4. The highest BCUT2D eigenvalue weighted by Crippen LogP contribution is 2.30. The van der Waals surface area contributed by atoms with Crippen LogP contribution in [0.2, 0.25) is 0 Å². The van der Waals surface area contributed by atoms with Crippen LogP contribution in [0.25, 0.3) is 22.3 Å². The van der Waals surface area contributed by atoms with E-state index in [1.54, 1.807) is 0 Å². The summed E-state index contributed by atoms with van der Waals surface area (Å²) in [4.78, 5) is 0. The lowest BCUT2D eigenvalue weighted by Gasteiger charge is -2.28. The Morgan fingerprint density at radius 2 is 0.879 bits per heavy atom. The van der Waals surface area contributed by atoms with E-state index in [-0.39, 0.29) is 11.1 Å². The number of nitrogens with two attached hydrogens (primary N) is 2. The van der Waals surface area contributed by atoms with E-state index in [1.165, 1.54) is 27.8 Å². The molecule has 0 unspecified atom stereocenters. The molecular weight excluding hydrogens is 402 g/mol. The first-order chi connectivity index (χ1) is 15.6. The van der Waals surface area contributed by atoms with Crippen LogP contribution in [0, 0.1) is 0 Å². The Bertz CT molecular complexity index is 1200. The fraction of sp³-hybridized carbons (Fsp3) is 0.200. The van der Waals surface area contributed by atoms with Crippen molar-refractivity contribution in [2.45, 2.75) is 38.8 Å². The SMILES string of the molecule is CC(C)(N)c1ccc(-c2ccc(NC(C)(C)c3ccc(-c4ccc(N)cc4)cc3)cc2)cc1. The Hall–Kier alpha value is -3.56. The number of nitrogen functional groups attached to an aromatic ring is 1. The van der Waals surface area contributed by atoms with Crippen molar-refractivity contribution in [3.05, 3.63) is 108 Å². The first-order valence-corrected chi connectivity index (χ1v) is 11.4. The highest BCUT2D eigenvalue weighted by molar-refractivity contribution is 5.68. The molecule has 0 fully saturated rings. The molecular formula is C30H33N3. The highest BCUT2D eigenvalue weighted by atomic mass is 15.0. The summed E-state index contributed by atoms with van der Waals surface area (Å²) in [6.07, 6.45) is 0. The summed E-state index contributed by atoms with van der Waals surface area (Å²) in [5, 5.41) is 3.68. The maximum Gasteiger partial charge on any atom is 0.0569 e. The van der Waals surface area contributed by atoms with Gasteiger partial charge in [0.25, 0.3) is 0 Å². The lowest BCUT2D eigenvalue weighted by Crippen LogP contribution is -2.28. The molecule has 0 atom stereocenters. The molecule has 0 radical (unpaired) electrons. The first kappa shape index (κ1) is 22.6. The molecule has 0 bridgehead atoms. The maximum absolute atomic E-state index is 6.20. The molecule has 0 amide bonds. The van der Waals surface area contributed by atoms with Gasteiger partial charge in [-0.1, -0.05) is 72.8 Å². The minimum Gasteiger partial charge on any atom is -0.399 e. The number of anilines is 2. The van der Waals surface area contributed by atoms with Crippen molar-refractivity contribution in [2.24, 2.45) is 5.73 Å². The van der Waals surface area contributed by atoms with Crippen LogP contribution in [-0.2, 0) is 11.1 Å². The maximum atomic E-state index is 6.20. The molecule has 33 heavy (non-hydrogen) atoms. The molecule has 3 heteroatoms. The summed E-state index contributed by atoms with van der Waals surface area (Å²) in [7, 11) is 0. The lowest BCUT2D eigenvalue weighted by atomic mass is 9.91. The van der Waals surface area contributed by atoms with Gasteiger partial charge in [-0.05, 0) is 85.3 Å². The summed E-state index contributed by atoms with van der Waals surface area (Å²) in [6.45, 7) is 8.45. The number of hydrogen-bond donors (Lipinski definition) is 3. The van der Waals surface area contributed by atoms with Gasteiger partial charge < -0.3 is 16.8 Å². The fourth-order valence-electron chi connectivity index (χ4n) is 4.03. The highest BCUT2D eigenvalue weighted by Gasteiger charge is 2.20. The van der Waals surface area contributed by atoms with Crippen LogP contribution in [0.5, 0.6) is 0 Å². The summed E-state index contributed by atoms with van der Waals surface area (Å²) >= 11 is 0. The van der Waals surface area contributed by atoms with Gasteiger partial charge in [0.1, 0.15) is 0 Å². The molecule has 4 aromatic rings. The van der Waals surface area contributed by atoms with Crippen molar-refractivity contribution in [1.82, 2.24) is 0 Å². The molecule has 0 heterocycles. The molecule has 4 aromatic carbocycles. The van der Waals surface area contributed by atoms with Gasteiger partial charge in [0.2, 0.25) is 0 Å². The van der Waals surface area contributed by atoms with Gasteiger partial charge >= 0.3 is 0 Å². The third-order valence-corrected chi connectivity index (χ3v) is 6.15. The Balaban J connectivity index is 1.47. The standard InChI is InChI=1S/C30H33N3/c1-29(2,32)25-13-5-21(6-14-25)24-11-19-28(20-12-24)33-30(3,4)26-15-7-22(8-16-26)23-9-17-27(31)18-10-23/h5-20,33H,31-32H2,1-4H3. The normalized spacial score (nSPS) is 11.9. The van der Waals surface area contributed by atoms with Crippen LogP contribution in [0.1, 0.15) is 38.8 Å². The minimum atomic E-state index is -0.328. The Morgan fingerprint density at radius 1 is 0.515 bits per heavy atom. The van der Waals surface area contributed by atoms with Gasteiger partial charge in [0.05, 0.1) is 5.54 Å². The van der Waals surface area contributed by atoms with Crippen molar-refractivity contribution in [3.8, 4) is 22.3 Å². The number of hydrogen-bond acceptors (Lipinski definition) is 3. The largest absolute Gasteiger partial charge is 0.399 e. The molecule has 5 N–H and O–H groups in total. The summed E-state index contributed by atoms with van der Waals surface area (Å²) in [6, 6.07) is 33.8. The van der Waals surface area contributed by atoms with Crippen LogP contribution in [0.4, 0.5) is 11.4 Å². The second-order valence-corrected chi connectivity index (χ2v) is 9.83. The topological polar surface area (TPSA) is 64.1 Å². The molecule has 0 aromatic heterocycles. The van der Waals surface area contributed by atoms with Crippen molar-refractivity contribution in [1.29, 1.82) is 0 Å². The predicted molar refractivity (Wildman–Crippen MR) is 142 cm³/mol. The Kier molecular flexibility index (Phi) is 6.01. The van der Waals surface area contributed by atoms with Gasteiger partial charge in [0, 0.05) is 16.9 Å². The molecule has 0 aliphatic carbocycles. The quantitative estimate of drug-likeness (QED) is 0.282. The fourth-order valence-corrected chi connectivity index (χ4v) is 4.03. The van der Waals surface area contributed by atoms with Gasteiger partial charge in [-0.3, -0.25) is 0 Å². The molecule has 0 spiro atoms. The predicted octanol–water partition coefficient (Wildman–Crippen LogP) is 7.14. The molecule has 168 valence electrons. The average molecular weight is 436 g/mol. The van der Waals surface area contributed by atoms with Crippen molar-refractivity contribution < 1.29 is 0 Å². The summed E-state index contributed by atoms with van der Waals surface area (Å²) < 4.78 is 0. The van der Waals surface area contributed by atoms with E-state index in [2.05, 4.69) is 104 Å². The molecule has 4 rings (SSSR count). The molecule has 0 saturated heterocycles. The van der Waals surface area contributed by atoms with Crippen LogP contribution in [0.15, 0.2) is 97.1 Å². The third kappa shape index (κ3) is 5.27.